The molecular weight excluding hydrogens is 330 g/mol. The molecule has 1 aliphatic rings. The Balaban J connectivity index is 1.81. The number of carbonyl (C=O) groups is 1. The van der Waals surface area contributed by atoms with Gasteiger partial charge in [-0.1, -0.05) is 30.3 Å². The van der Waals surface area contributed by atoms with E-state index in [0.717, 1.165) is 5.56 Å². The van der Waals surface area contributed by atoms with Crippen LogP contribution in [0.25, 0.3) is 0 Å². The van der Waals surface area contributed by atoms with Gasteiger partial charge < -0.3 is 14.8 Å². The largest absolute Gasteiger partial charge is 0.348 e. The Morgan fingerprint density at radius 2 is 2.00 bits per heavy atom. The first-order valence-electron chi connectivity index (χ1n) is 9.00. The highest BCUT2D eigenvalue weighted by Crippen LogP contribution is 2.33. The van der Waals surface area contributed by atoms with Crippen LogP contribution in [0.3, 0.4) is 0 Å². The molecule has 0 unspecified atom stereocenters. The van der Waals surface area contributed by atoms with Gasteiger partial charge >= 0.3 is 0 Å². The zero-order chi connectivity index (χ0) is 18.9. The van der Waals surface area contributed by atoms with E-state index in [4.69, 9.17) is 9.47 Å². The van der Waals surface area contributed by atoms with Crippen LogP contribution in [0.1, 0.15) is 61.5 Å². The zero-order valence-corrected chi connectivity index (χ0v) is 16.0. The third kappa shape index (κ3) is 3.97. The Morgan fingerprint density at radius 1 is 1.31 bits per heavy atom. The van der Waals surface area contributed by atoms with Gasteiger partial charge in [0.25, 0.3) is 5.91 Å². The van der Waals surface area contributed by atoms with Gasteiger partial charge in [-0.3, -0.25) is 9.48 Å². The lowest BCUT2D eigenvalue weighted by Gasteiger charge is -2.41. The van der Waals surface area contributed by atoms with Crippen LogP contribution in [0.5, 0.6) is 0 Å². The third-order valence-electron chi connectivity index (χ3n) is 4.52. The minimum Gasteiger partial charge on any atom is -0.348 e. The normalized spacial score (nSPS) is 22.4. The van der Waals surface area contributed by atoms with Gasteiger partial charge in [-0.25, -0.2) is 0 Å². The Morgan fingerprint density at radius 3 is 2.62 bits per heavy atom. The fourth-order valence-corrected chi connectivity index (χ4v) is 3.08. The highest BCUT2D eigenvalue weighted by atomic mass is 16.7. The SMILES string of the molecule is Cc1nn(C(C)C)cc1C(=O)N[C@@H]1COC(C)(C)O[C@@H]1c1ccccc1. The van der Waals surface area contributed by atoms with Gasteiger partial charge in [0.15, 0.2) is 5.79 Å². The monoisotopic (exact) mass is 357 g/mol. The van der Waals surface area contributed by atoms with Crippen LogP contribution in [-0.4, -0.2) is 34.1 Å². The van der Waals surface area contributed by atoms with Crippen molar-refractivity contribution in [3.8, 4) is 0 Å². The Hall–Kier alpha value is -2.18. The molecule has 2 atom stereocenters. The Labute approximate surface area is 154 Å². The van der Waals surface area contributed by atoms with Crippen LogP contribution in [0.2, 0.25) is 0 Å². The molecule has 1 saturated heterocycles. The molecule has 1 amide bonds. The number of carbonyl (C=O) groups excluding carboxylic acids is 1. The molecular formula is C20H27N3O3. The van der Waals surface area contributed by atoms with Crippen molar-refractivity contribution in [3.63, 3.8) is 0 Å². The number of hydrogen-bond acceptors (Lipinski definition) is 4. The minimum atomic E-state index is -0.694. The molecule has 3 rings (SSSR count). The summed E-state index contributed by atoms with van der Waals surface area (Å²) in [4.78, 5) is 12.8. The second-order valence-corrected chi connectivity index (χ2v) is 7.44. The van der Waals surface area contributed by atoms with Crippen molar-refractivity contribution < 1.29 is 14.3 Å². The minimum absolute atomic E-state index is 0.160. The van der Waals surface area contributed by atoms with Crippen LogP contribution in [0, 0.1) is 6.92 Å². The van der Waals surface area contributed by atoms with Crippen LogP contribution >= 0.6 is 0 Å². The first-order chi connectivity index (χ1) is 12.3. The molecule has 6 nitrogen and oxygen atoms in total. The zero-order valence-electron chi connectivity index (χ0n) is 16.0. The summed E-state index contributed by atoms with van der Waals surface area (Å²) in [5, 5.41) is 7.49. The molecule has 0 bridgehead atoms. The standard InChI is InChI=1S/C20H27N3O3/c1-13(2)23-11-16(14(3)22-23)19(24)21-17-12-25-20(4,5)26-18(17)15-9-7-6-8-10-15/h6-11,13,17-18H,12H2,1-5H3,(H,21,24)/t17-,18-/m1/s1. The number of rotatable bonds is 4. The fourth-order valence-electron chi connectivity index (χ4n) is 3.08. The molecule has 6 heteroatoms. The Kier molecular flexibility index (Phi) is 5.16. The second-order valence-electron chi connectivity index (χ2n) is 7.44. The van der Waals surface area contributed by atoms with Gasteiger partial charge in [-0.05, 0) is 40.2 Å². The molecule has 1 aromatic heterocycles. The molecule has 0 saturated carbocycles. The summed E-state index contributed by atoms with van der Waals surface area (Å²) >= 11 is 0. The van der Waals surface area contributed by atoms with Gasteiger partial charge in [0, 0.05) is 12.2 Å². The summed E-state index contributed by atoms with van der Waals surface area (Å²) in [6.45, 7) is 10.1. The van der Waals surface area contributed by atoms with Crippen molar-refractivity contribution in [2.75, 3.05) is 6.61 Å². The van der Waals surface area contributed by atoms with Crippen LogP contribution in [-0.2, 0) is 9.47 Å². The molecule has 1 fully saturated rings. The summed E-state index contributed by atoms with van der Waals surface area (Å²) in [5.41, 5.74) is 2.31. The number of nitrogens with zero attached hydrogens (tertiary/aromatic N) is 2. The van der Waals surface area contributed by atoms with E-state index in [1.807, 2.05) is 65.0 Å². The van der Waals surface area contributed by atoms with E-state index in [1.165, 1.54) is 0 Å². The molecule has 2 aromatic rings. The number of hydrogen-bond donors (Lipinski definition) is 1. The van der Waals surface area contributed by atoms with E-state index in [1.54, 1.807) is 10.9 Å². The molecule has 0 radical (unpaired) electrons. The molecule has 2 heterocycles. The fraction of sp³-hybridized carbons (Fsp3) is 0.500. The van der Waals surface area contributed by atoms with E-state index in [0.29, 0.717) is 17.9 Å². The van der Waals surface area contributed by atoms with Crippen molar-refractivity contribution in [3.05, 3.63) is 53.3 Å². The van der Waals surface area contributed by atoms with Crippen LogP contribution < -0.4 is 5.32 Å². The number of aromatic nitrogens is 2. The lowest BCUT2D eigenvalue weighted by atomic mass is 10.00. The Bertz CT molecular complexity index is 768. The average Bonchev–Trinajstić information content (AvgIpc) is 2.99. The van der Waals surface area contributed by atoms with Gasteiger partial charge in [-0.15, -0.1) is 0 Å². The predicted octanol–water partition coefficient (Wildman–Crippen LogP) is 3.40. The van der Waals surface area contributed by atoms with E-state index in [2.05, 4.69) is 10.4 Å². The third-order valence-corrected chi connectivity index (χ3v) is 4.52. The van der Waals surface area contributed by atoms with Gasteiger partial charge in [-0.2, -0.15) is 5.10 Å². The summed E-state index contributed by atoms with van der Waals surface area (Å²) in [5.74, 6) is -0.854. The second kappa shape index (κ2) is 7.21. The number of nitrogens with one attached hydrogen (secondary N) is 1. The van der Waals surface area contributed by atoms with Crippen molar-refractivity contribution in [1.82, 2.24) is 15.1 Å². The number of ether oxygens (including phenoxy) is 2. The quantitative estimate of drug-likeness (QED) is 0.911. The maximum atomic E-state index is 12.8. The van der Waals surface area contributed by atoms with Gasteiger partial charge in [0.05, 0.1) is 23.9 Å². The predicted molar refractivity (Wildman–Crippen MR) is 98.9 cm³/mol. The molecule has 0 spiro atoms. The van der Waals surface area contributed by atoms with Crippen molar-refractivity contribution in [1.29, 1.82) is 0 Å². The molecule has 1 aliphatic heterocycles. The van der Waals surface area contributed by atoms with Crippen molar-refractivity contribution in [2.24, 2.45) is 0 Å². The van der Waals surface area contributed by atoms with Crippen LogP contribution in [0.4, 0.5) is 0 Å². The number of benzene rings is 1. The highest BCUT2D eigenvalue weighted by Gasteiger charge is 2.38. The molecule has 1 N–H and O–H groups in total. The summed E-state index contributed by atoms with van der Waals surface area (Å²) in [6, 6.07) is 9.84. The van der Waals surface area contributed by atoms with E-state index < -0.39 is 5.79 Å². The van der Waals surface area contributed by atoms with Crippen molar-refractivity contribution >= 4 is 5.91 Å². The number of amides is 1. The van der Waals surface area contributed by atoms with Crippen molar-refractivity contribution in [2.45, 2.75) is 58.6 Å². The van der Waals surface area contributed by atoms with Crippen LogP contribution in [0.15, 0.2) is 36.5 Å². The van der Waals surface area contributed by atoms with Gasteiger partial charge in [0.2, 0.25) is 0 Å². The molecule has 1 aromatic carbocycles. The number of aryl methyl sites for hydroxylation is 1. The van der Waals surface area contributed by atoms with E-state index in [9.17, 15) is 4.79 Å². The summed E-state index contributed by atoms with van der Waals surface area (Å²) < 4.78 is 13.7. The first kappa shape index (κ1) is 18.6. The maximum Gasteiger partial charge on any atom is 0.255 e. The first-order valence-corrected chi connectivity index (χ1v) is 9.00. The average molecular weight is 357 g/mol. The smallest absolute Gasteiger partial charge is 0.255 e. The lowest BCUT2D eigenvalue weighted by Crippen LogP contribution is -2.52. The lowest BCUT2D eigenvalue weighted by molar-refractivity contribution is -0.284. The topological polar surface area (TPSA) is 65.4 Å². The molecule has 26 heavy (non-hydrogen) atoms. The van der Waals surface area contributed by atoms with E-state index in [-0.39, 0.29) is 24.1 Å². The van der Waals surface area contributed by atoms with E-state index >= 15 is 0 Å². The molecule has 0 aliphatic carbocycles. The molecule has 140 valence electrons. The highest BCUT2D eigenvalue weighted by molar-refractivity contribution is 5.95. The summed E-state index contributed by atoms with van der Waals surface area (Å²) in [7, 11) is 0. The summed E-state index contributed by atoms with van der Waals surface area (Å²) in [6.07, 6.45) is 1.52. The maximum absolute atomic E-state index is 12.8. The van der Waals surface area contributed by atoms with Gasteiger partial charge in [0.1, 0.15) is 6.10 Å².